The van der Waals surface area contributed by atoms with Crippen molar-refractivity contribution in [3.8, 4) is 0 Å². The minimum Gasteiger partial charge on any atom is -0.394 e. The summed E-state index contributed by atoms with van der Waals surface area (Å²) in [6.45, 7) is -0.418. The molecule has 2 aromatic heterocycles. The standard InChI is InChI=1S/C10H12ClN5O4/c11-7-4-8(15-10(12)14-7)13-2-16(4)9-6(19)5(18)3(1-17)20-9/h2-3,5-6,9,17-19H,1H2,(H2,12,14,15)/t3-,5-,6+,9-/m1/s1. The van der Waals surface area contributed by atoms with E-state index in [1.807, 2.05) is 0 Å². The fourth-order valence-corrected chi connectivity index (χ4v) is 2.49. The summed E-state index contributed by atoms with van der Waals surface area (Å²) in [7, 11) is 0. The molecule has 2 aromatic rings. The van der Waals surface area contributed by atoms with Gasteiger partial charge in [0.25, 0.3) is 0 Å². The second-order valence-electron chi connectivity index (χ2n) is 4.43. The van der Waals surface area contributed by atoms with Crippen LogP contribution in [0.15, 0.2) is 6.33 Å². The zero-order chi connectivity index (χ0) is 14.4. The van der Waals surface area contributed by atoms with E-state index < -0.39 is 31.1 Å². The summed E-state index contributed by atoms with van der Waals surface area (Å²) in [6.07, 6.45) is -2.93. The van der Waals surface area contributed by atoms with E-state index in [1.165, 1.54) is 10.9 Å². The van der Waals surface area contributed by atoms with Gasteiger partial charge in [-0.05, 0) is 0 Å². The van der Waals surface area contributed by atoms with Gasteiger partial charge in [-0.1, -0.05) is 11.6 Å². The maximum atomic E-state index is 9.99. The fourth-order valence-electron chi connectivity index (χ4n) is 2.22. The summed E-state index contributed by atoms with van der Waals surface area (Å²) in [5.74, 6) is -0.0195. The predicted molar refractivity (Wildman–Crippen MR) is 67.8 cm³/mol. The SMILES string of the molecule is Nc1nc(Cl)c2c(ncn2[C@@H]2O[C@H](CO)[C@@H](O)[C@@H]2O)n1. The number of nitrogens with zero attached hydrogens (tertiary/aromatic N) is 4. The van der Waals surface area contributed by atoms with Crippen LogP contribution in [0, 0.1) is 0 Å². The van der Waals surface area contributed by atoms with Gasteiger partial charge in [0.2, 0.25) is 5.95 Å². The third-order valence-electron chi connectivity index (χ3n) is 3.19. The molecule has 9 nitrogen and oxygen atoms in total. The number of aliphatic hydroxyl groups is 3. The molecule has 0 bridgehead atoms. The molecule has 0 radical (unpaired) electrons. The lowest BCUT2D eigenvalue weighted by Gasteiger charge is -2.17. The highest BCUT2D eigenvalue weighted by Crippen LogP contribution is 2.33. The van der Waals surface area contributed by atoms with Crippen LogP contribution in [0.5, 0.6) is 0 Å². The number of nitrogen functional groups attached to an aromatic ring is 1. The van der Waals surface area contributed by atoms with Crippen LogP contribution in [-0.2, 0) is 4.74 Å². The molecule has 20 heavy (non-hydrogen) atoms. The molecule has 1 fully saturated rings. The van der Waals surface area contributed by atoms with E-state index in [-0.39, 0.29) is 16.7 Å². The molecule has 0 amide bonds. The van der Waals surface area contributed by atoms with Gasteiger partial charge in [0.15, 0.2) is 17.0 Å². The molecule has 1 aliphatic heterocycles. The van der Waals surface area contributed by atoms with Gasteiger partial charge in [-0.3, -0.25) is 4.57 Å². The average molecular weight is 302 g/mol. The number of ether oxygens (including phenoxy) is 1. The zero-order valence-electron chi connectivity index (χ0n) is 10.1. The van der Waals surface area contributed by atoms with E-state index in [0.717, 1.165) is 0 Å². The molecule has 108 valence electrons. The summed E-state index contributed by atoms with van der Waals surface area (Å²) in [6, 6.07) is 0. The predicted octanol–water partition coefficient (Wildman–Crippen LogP) is -1.33. The quantitative estimate of drug-likeness (QED) is 0.500. The van der Waals surface area contributed by atoms with Gasteiger partial charge in [0.05, 0.1) is 12.9 Å². The molecule has 1 aliphatic rings. The van der Waals surface area contributed by atoms with E-state index >= 15 is 0 Å². The van der Waals surface area contributed by atoms with Crippen LogP contribution in [0.4, 0.5) is 5.95 Å². The monoisotopic (exact) mass is 301 g/mol. The molecular formula is C10H12ClN5O4. The number of aliphatic hydroxyl groups excluding tert-OH is 3. The van der Waals surface area contributed by atoms with Crippen LogP contribution >= 0.6 is 11.6 Å². The van der Waals surface area contributed by atoms with Crippen molar-refractivity contribution in [2.75, 3.05) is 12.3 Å². The average Bonchev–Trinajstić information content (AvgIpc) is 2.93. The molecule has 1 saturated heterocycles. The molecule has 10 heteroatoms. The smallest absolute Gasteiger partial charge is 0.223 e. The Morgan fingerprint density at radius 2 is 2.10 bits per heavy atom. The Morgan fingerprint density at radius 3 is 2.75 bits per heavy atom. The lowest BCUT2D eigenvalue weighted by Crippen LogP contribution is -2.33. The Balaban J connectivity index is 2.07. The first-order chi connectivity index (χ1) is 9.52. The van der Waals surface area contributed by atoms with E-state index in [0.29, 0.717) is 5.52 Å². The number of fused-ring (bicyclic) bond motifs is 1. The Bertz CT molecular complexity index is 650. The van der Waals surface area contributed by atoms with Gasteiger partial charge in [0, 0.05) is 0 Å². The highest BCUT2D eigenvalue weighted by atomic mass is 35.5. The number of aromatic nitrogens is 4. The topological polar surface area (TPSA) is 140 Å². The highest BCUT2D eigenvalue weighted by Gasteiger charge is 2.44. The molecule has 0 saturated carbocycles. The van der Waals surface area contributed by atoms with E-state index in [9.17, 15) is 10.2 Å². The van der Waals surface area contributed by atoms with Crippen LogP contribution in [-0.4, -0.2) is 59.8 Å². The zero-order valence-corrected chi connectivity index (χ0v) is 10.8. The summed E-state index contributed by atoms with van der Waals surface area (Å²) in [4.78, 5) is 11.7. The van der Waals surface area contributed by atoms with E-state index in [1.54, 1.807) is 0 Å². The summed E-state index contributed by atoms with van der Waals surface area (Å²) < 4.78 is 6.80. The molecule has 3 heterocycles. The van der Waals surface area contributed by atoms with Crippen LogP contribution in [0.3, 0.4) is 0 Å². The maximum absolute atomic E-state index is 9.99. The van der Waals surface area contributed by atoms with Crippen LogP contribution in [0.1, 0.15) is 6.23 Å². The molecular weight excluding hydrogens is 290 g/mol. The van der Waals surface area contributed by atoms with Crippen LogP contribution in [0.2, 0.25) is 5.15 Å². The number of hydrogen-bond donors (Lipinski definition) is 4. The molecule has 0 unspecified atom stereocenters. The molecule has 4 atom stereocenters. The number of hydrogen-bond acceptors (Lipinski definition) is 8. The second-order valence-corrected chi connectivity index (χ2v) is 4.78. The second kappa shape index (κ2) is 4.79. The Kier molecular flexibility index (Phi) is 3.22. The van der Waals surface area contributed by atoms with Crippen molar-refractivity contribution in [2.24, 2.45) is 0 Å². The normalized spacial score (nSPS) is 30.2. The highest BCUT2D eigenvalue weighted by molar-refractivity contribution is 6.33. The maximum Gasteiger partial charge on any atom is 0.223 e. The van der Waals surface area contributed by atoms with Gasteiger partial charge in [-0.15, -0.1) is 0 Å². The molecule has 3 rings (SSSR count). The first-order valence-electron chi connectivity index (χ1n) is 5.81. The van der Waals surface area contributed by atoms with Gasteiger partial charge >= 0.3 is 0 Å². The van der Waals surface area contributed by atoms with Crippen LogP contribution < -0.4 is 5.73 Å². The summed E-state index contributed by atoms with van der Waals surface area (Å²) in [5, 5.41) is 28.9. The van der Waals surface area contributed by atoms with Crippen molar-refractivity contribution in [2.45, 2.75) is 24.5 Å². The minimum atomic E-state index is -1.24. The lowest BCUT2D eigenvalue weighted by atomic mass is 10.1. The van der Waals surface area contributed by atoms with Gasteiger partial charge in [-0.2, -0.15) is 9.97 Å². The van der Waals surface area contributed by atoms with E-state index in [4.69, 9.17) is 27.2 Å². The molecule has 0 aromatic carbocycles. The summed E-state index contributed by atoms with van der Waals surface area (Å²) >= 11 is 6.00. The molecule has 5 N–H and O–H groups in total. The largest absolute Gasteiger partial charge is 0.394 e. The van der Waals surface area contributed by atoms with Crippen molar-refractivity contribution in [1.29, 1.82) is 0 Å². The Morgan fingerprint density at radius 1 is 1.35 bits per heavy atom. The minimum absolute atomic E-state index is 0.0195. The van der Waals surface area contributed by atoms with Crippen molar-refractivity contribution < 1.29 is 20.1 Å². The first-order valence-corrected chi connectivity index (χ1v) is 6.18. The third kappa shape index (κ3) is 1.91. The third-order valence-corrected chi connectivity index (χ3v) is 3.46. The van der Waals surface area contributed by atoms with Crippen molar-refractivity contribution in [3.63, 3.8) is 0 Å². The van der Waals surface area contributed by atoms with Crippen molar-refractivity contribution in [3.05, 3.63) is 11.5 Å². The van der Waals surface area contributed by atoms with Crippen molar-refractivity contribution in [1.82, 2.24) is 19.5 Å². The molecule has 0 aliphatic carbocycles. The lowest BCUT2D eigenvalue weighted by molar-refractivity contribution is -0.0509. The first kappa shape index (κ1) is 13.5. The van der Waals surface area contributed by atoms with Crippen molar-refractivity contribution >= 4 is 28.7 Å². The Labute approximate surface area is 117 Å². The molecule has 0 spiro atoms. The van der Waals surface area contributed by atoms with Gasteiger partial charge < -0.3 is 25.8 Å². The number of imidazole rings is 1. The van der Waals surface area contributed by atoms with Crippen LogP contribution in [0.25, 0.3) is 11.2 Å². The van der Waals surface area contributed by atoms with Gasteiger partial charge in [0.1, 0.15) is 23.8 Å². The van der Waals surface area contributed by atoms with E-state index in [2.05, 4.69) is 15.0 Å². The van der Waals surface area contributed by atoms with Gasteiger partial charge in [-0.25, -0.2) is 4.98 Å². The number of halogens is 1. The number of nitrogens with two attached hydrogens (primary N) is 1. The summed E-state index contributed by atoms with van der Waals surface area (Å²) in [5.41, 5.74) is 6.05. The fraction of sp³-hybridized carbons (Fsp3) is 0.500. The number of anilines is 1. The Hall–Kier alpha value is -1.52. The number of rotatable bonds is 2.